The van der Waals surface area contributed by atoms with Gasteiger partial charge in [-0.05, 0) is 53.1 Å². The summed E-state index contributed by atoms with van der Waals surface area (Å²) in [6, 6.07) is 11.4. The van der Waals surface area contributed by atoms with Crippen LogP contribution in [0.5, 0.6) is 0 Å². The fourth-order valence-electron chi connectivity index (χ4n) is 2.38. The normalized spacial score (nSPS) is 13.4. The minimum Gasteiger partial charge on any atom is -0.384 e. The summed E-state index contributed by atoms with van der Waals surface area (Å²) >= 11 is 1.52. The minimum absolute atomic E-state index is 0.114. The van der Waals surface area contributed by atoms with Crippen molar-refractivity contribution in [3.63, 3.8) is 0 Å². The van der Waals surface area contributed by atoms with Gasteiger partial charge in [0.2, 0.25) is 5.91 Å². The zero-order valence-electron chi connectivity index (χ0n) is 13.3. The molecule has 6 heteroatoms. The highest BCUT2D eigenvalue weighted by Crippen LogP contribution is 2.22. The lowest BCUT2D eigenvalue weighted by Crippen LogP contribution is -2.39. The summed E-state index contributed by atoms with van der Waals surface area (Å²) in [5, 5.41) is 21.2. The Morgan fingerprint density at radius 2 is 2.12 bits per heavy atom. The summed E-state index contributed by atoms with van der Waals surface area (Å²) < 4.78 is 1.77. The third-order valence-electron chi connectivity index (χ3n) is 3.84. The first-order valence-electron chi connectivity index (χ1n) is 7.65. The van der Waals surface area contributed by atoms with Gasteiger partial charge in [-0.2, -0.15) is 16.4 Å². The van der Waals surface area contributed by atoms with Crippen molar-refractivity contribution in [2.45, 2.75) is 18.9 Å². The van der Waals surface area contributed by atoms with Crippen LogP contribution in [0.2, 0.25) is 0 Å². The van der Waals surface area contributed by atoms with Crippen molar-refractivity contribution in [1.29, 1.82) is 0 Å². The summed E-state index contributed by atoms with van der Waals surface area (Å²) in [5.41, 5.74) is 1.62. The number of amides is 1. The lowest BCUT2D eigenvalue weighted by Gasteiger charge is -2.22. The molecule has 0 radical (unpaired) electrons. The van der Waals surface area contributed by atoms with Crippen LogP contribution in [-0.4, -0.2) is 27.3 Å². The van der Waals surface area contributed by atoms with Crippen LogP contribution in [0, 0.1) is 0 Å². The zero-order valence-corrected chi connectivity index (χ0v) is 14.2. The molecule has 0 fully saturated rings. The Morgan fingerprint density at radius 1 is 1.33 bits per heavy atom. The molecule has 0 aliphatic rings. The molecule has 3 aromatic rings. The number of aromatic nitrogens is 2. The summed E-state index contributed by atoms with van der Waals surface area (Å²) in [4.78, 5) is 12.1. The van der Waals surface area contributed by atoms with Crippen molar-refractivity contribution in [2.75, 3.05) is 6.54 Å². The Hall–Kier alpha value is -2.44. The third-order valence-corrected chi connectivity index (χ3v) is 4.53. The van der Waals surface area contributed by atoms with Crippen molar-refractivity contribution in [3.8, 4) is 5.69 Å². The first-order valence-corrected chi connectivity index (χ1v) is 8.59. The van der Waals surface area contributed by atoms with Gasteiger partial charge >= 0.3 is 0 Å². The van der Waals surface area contributed by atoms with Crippen LogP contribution in [-0.2, 0) is 16.8 Å². The molecule has 0 saturated heterocycles. The van der Waals surface area contributed by atoms with Crippen molar-refractivity contribution < 1.29 is 9.90 Å². The number of benzene rings is 1. The maximum absolute atomic E-state index is 12.1. The number of nitrogens with zero attached hydrogens (tertiary/aromatic N) is 2. The van der Waals surface area contributed by atoms with Crippen molar-refractivity contribution >= 4 is 17.2 Å². The molecule has 5 nitrogen and oxygen atoms in total. The molecule has 1 aromatic carbocycles. The van der Waals surface area contributed by atoms with E-state index < -0.39 is 5.60 Å². The topological polar surface area (TPSA) is 67.2 Å². The van der Waals surface area contributed by atoms with E-state index >= 15 is 0 Å². The summed E-state index contributed by atoms with van der Waals surface area (Å²) in [6.45, 7) is 1.89. The van der Waals surface area contributed by atoms with Crippen LogP contribution in [0.1, 0.15) is 18.1 Å². The molecule has 1 amide bonds. The first kappa shape index (κ1) is 16.4. The molecule has 2 N–H and O–H groups in total. The van der Waals surface area contributed by atoms with Gasteiger partial charge in [-0.1, -0.05) is 12.1 Å². The predicted molar refractivity (Wildman–Crippen MR) is 94.2 cm³/mol. The van der Waals surface area contributed by atoms with Gasteiger partial charge in [0.1, 0.15) is 5.60 Å². The Bertz CT molecular complexity index is 778. The van der Waals surface area contributed by atoms with E-state index in [-0.39, 0.29) is 18.9 Å². The van der Waals surface area contributed by atoms with Gasteiger partial charge in [0, 0.05) is 12.4 Å². The van der Waals surface area contributed by atoms with Crippen LogP contribution >= 0.6 is 11.3 Å². The number of thiophene rings is 1. The van der Waals surface area contributed by atoms with Crippen molar-refractivity contribution in [3.05, 3.63) is 70.7 Å². The fraction of sp³-hybridized carbons (Fsp3) is 0.222. The van der Waals surface area contributed by atoms with Gasteiger partial charge < -0.3 is 10.4 Å². The molecule has 2 heterocycles. The highest BCUT2D eigenvalue weighted by Gasteiger charge is 2.24. The molecular weight excluding hydrogens is 322 g/mol. The van der Waals surface area contributed by atoms with Crippen LogP contribution < -0.4 is 5.32 Å². The van der Waals surface area contributed by atoms with Gasteiger partial charge in [0.05, 0.1) is 18.7 Å². The van der Waals surface area contributed by atoms with E-state index in [0.717, 1.165) is 16.8 Å². The number of hydrogen-bond donors (Lipinski definition) is 2. The molecule has 3 rings (SSSR count). The first-order chi connectivity index (χ1) is 11.5. The standard InChI is InChI=1S/C18H19N3O2S/c1-18(23,15-7-10-24-12-15)13-19-17(22)11-14-3-5-16(6-4-14)21-9-2-8-20-21/h2-10,12,23H,11,13H2,1H3,(H,19,22). The Kier molecular flexibility index (Phi) is 4.78. The van der Waals surface area contributed by atoms with E-state index in [1.165, 1.54) is 11.3 Å². The maximum Gasteiger partial charge on any atom is 0.224 e. The molecule has 1 unspecified atom stereocenters. The molecule has 2 aromatic heterocycles. The van der Waals surface area contributed by atoms with Gasteiger partial charge in [-0.15, -0.1) is 0 Å². The summed E-state index contributed by atoms with van der Waals surface area (Å²) in [6.07, 6.45) is 3.87. The van der Waals surface area contributed by atoms with Gasteiger partial charge in [-0.25, -0.2) is 4.68 Å². The summed E-state index contributed by atoms with van der Waals surface area (Å²) in [5.74, 6) is -0.114. The Morgan fingerprint density at radius 3 is 2.75 bits per heavy atom. The highest BCUT2D eigenvalue weighted by atomic mass is 32.1. The van der Waals surface area contributed by atoms with Gasteiger partial charge in [0.25, 0.3) is 0 Å². The minimum atomic E-state index is -1.06. The van der Waals surface area contributed by atoms with Crippen molar-refractivity contribution in [1.82, 2.24) is 15.1 Å². The van der Waals surface area contributed by atoms with Crippen LogP contribution in [0.25, 0.3) is 5.69 Å². The molecule has 0 bridgehead atoms. The SMILES string of the molecule is CC(O)(CNC(=O)Cc1ccc(-n2cccn2)cc1)c1ccsc1. The molecule has 0 aliphatic carbocycles. The molecule has 124 valence electrons. The van der Waals surface area contributed by atoms with E-state index in [1.54, 1.807) is 17.8 Å². The average Bonchev–Trinajstić information content (AvgIpc) is 3.27. The van der Waals surface area contributed by atoms with E-state index in [1.807, 2.05) is 53.4 Å². The van der Waals surface area contributed by atoms with E-state index in [4.69, 9.17) is 0 Å². The Labute approximate surface area is 144 Å². The zero-order chi connectivity index (χ0) is 17.0. The van der Waals surface area contributed by atoms with Crippen LogP contribution in [0.4, 0.5) is 0 Å². The second-order valence-electron chi connectivity index (χ2n) is 5.86. The number of rotatable bonds is 6. The van der Waals surface area contributed by atoms with E-state index in [2.05, 4.69) is 10.4 Å². The van der Waals surface area contributed by atoms with Crippen molar-refractivity contribution in [2.24, 2.45) is 0 Å². The molecular formula is C18H19N3O2S. The molecule has 0 aliphatic heterocycles. The fourth-order valence-corrected chi connectivity index (χ4v) is 3.16. The summed E-state index contributed by atoms with van der Waals surface area (Å²) in [7, 11) is 0. The van der Waals surface area contributed by atoms with Crippen LogP contribution in [0.15, 0.2) is 59.6 Å². The number of hydrogen-bond acceptors (Lipinski definition) is 4. The third kappa shape index (κ3) is 3.90. The lowest BCUT2D eigenvalue weighted by atomic mass is 9.99. The highest BCUT2D eigenvalue weighted by molar-refractivity contribution is 7.08. The molecule has 0 saturated carbocycles. The number of nitrogens with one attached hydrogen (secondary N) is 1. The molecule has 0 spiro atoms. The smallest absolute Gasteiger partial charge is 0.224 e. The van der Waals surface area contributed by atoms with Gasteiger partial charge in [0.15, 0.2) is 0 Å². The number of carbonyl (C=O) groups is 1. The second-order valence-corrected chi connectivity index (χ2v) is 6.64. The molecule has 24 heavy (non-hydrogen) atoms. The Balaban J connectivity index is 1.55. The predicted octanol–water partition coefficient (Wildman–Crippen LogP) is 2.50. The second kappa shape index (κ2) is 6.98. The van der Waals surface area contributed by atoms with E-state index in [9.17, 15) is 9.90 Å². The maximum atomic E-state index is 12.1. The largest absolute Gasteiger partial charge is 0.384 e. The van der Waals surface area contributed by atoms with Crippen LogP contribution in [0.3, 0.4) is 0 Å². The number of carbonyl (C=O) groups excluding carboxylic acids is 1. The lowest BCUT2D eigenvalue weighted by molar-refractivity contribution is -0.121. The monoisotopic (exact) mass is 341 g/mol. The quantitative estimate of drug-likeness (QED) is 0.724. The van der Waals surface area contributed by atoms with Gasteiger partial charge in [-0.3, -0.25) is 4.79 Å². The number of aliphatic hydroxyl groups is 1. The average molecular weight is 341 g/mol. The molecule has 1 atom stereocenters. The van der Waals surface area contributed by atoms with E-state index in [0.29, 0.717) is 0 Å².